The Balaban J connectivity index is 1.93. The van der Waals surface area contributed by atoms with Gasteiger partial charge in [0.05, 0.1) is 30.2 Å². The molecule has 0 aliphatic carbocycles. The fourth-order valence-electron chi connectivity index (χ4n) is 2.64. The van der Waals surface area contributed by atoms with Gasteiger partial charge in [-0.05, 0) is 18.1 Å². The second-order valence-corrected chi connectivity index (χ2v) is 5.53. The van der Waals surface area contributed by atoms with Crippen LogP contribution in [0.1, 0.15) is 13.8 Å². The topological polar surface area (TPSA) is 50.5 Å². The normalized spacial score (nSPS) is 18.4. The minimum absolute atomic E-state index is 0.0475. The summed E-state index contributed by atoms with van der Waals surface area (Å²) in [6.45, 7) is 4.71. The highest BCUT2D eigenvalue weighted by atomic mass is 16.2. The Hall–Kier alpha value is -2.43. The van der Waals surface area contributed by atoms with Crippen molar-refractivity contribution in [1.29, 1.82) is 0 Å². The van der Waals surface area contributed by atoms with Gasteiger partial charge in [-0.2, -0.15) is 5.10 Å². The first-order valence-corrected chi connectivity index (χ1v) is 7.09. The third-order valence-electron chi connectivity index (χ3n) is 3.63. The van der Waals surface area contributed by atoms with Crippen molar-refractivity contribution in [3.63, 3.8) is 0 Å². The van der Waals surface area contributed by atoms with Gasteiger partial charge in [0.15, 0.2) is 0 Å². The molecule has 2 heterocycles. The molecule has 0 bridgehead atoms. The van der Waals surface area contributed by atoms with E-state index in [1.54, 1.807) is 12.5 Å². The lowest BCUT2D eigenvalue weighted by atomic mass is 9.90. The molecule has 1 aromatic heterocycles. The quantitative estimate of drug-likeness (QED) is 0.865. The number of para-hydroxylation sites is 1. The number of carbonyl (C=O) groups is 1. The smallest absolute Gasteiger partial charge is 0.256 e. The summed E-state index contributed by atoms with van der Waals surface area (Å²) in [5.74, 6) is 0.0902. The standard InChI is InChI=1S/C16H18N4O/c1-12(2)15-14(10-19-9-8-17-11-19)18-20(16(15)21)13-6-4-3-5-7-13/h3-9,11-12,15H,10H2,1-2H3. The van der Waals surface area contributed by atoms with E-state index < -0.39 is 0 Å². The molecule has 1 aliphatic rings. The number of anilines is 1. The summed E-state index contributed by atoms with van der Waals surface area (Å²) in [5, 5.41) is 6.09. The summed E-state index contributed by atoms with van der Waals surface area (Å²) in [6, 6.07) is 9.56. The molecule has 1 aromatic carbocycles. The van der Waals surface area contributed by atoms with E-state index >= 15 is 0 Å². The number of hydrogen-bond donors (Lipinski definition) is 0. The second kappa shape index (κ2) is 5.52. The van der Waals surface area contributed by atoms with Gasteiger partial charge in [-0.3, -0.25) is 4.79 Å². The lowest BCUT2D eigenvalue weighted by Crippen LogP contribution is -2.32. The van der Waals surface area contributed by atoms with Gasteiger partial charge in [-0.25, -0.2) is 9.99 Å². The van der Waals surface area contributed by atoms with Crippen molar-refractivity contribution in [3.05, 3.63) is 49.1 Å². The summed E-state index contributed by atoms with van der Waals surface area (Å²) in [7, 11) is 0. The first-order chi connectivity index (χ1) is 10.2. The third kappa shape index (κ3) is 2.59. The Morgan fingerprint density at radius 3 is 2.62 bits per heavy atom. The molecule has 1 unspecified atom stereocenters. The van der Waals surface area contributed by atoms with E-state index in [2.05, 4.69) is 23.9 Å². The molecule has 1 atom stereocenters. The average molecular weight is 282 g/mol. The van der Waals surface area contributed by atoms with Crippen LogP contribution in [0.15, 0.2) is 54.2 Å². The van der Waals surface area contributed by atoms with Crippen molar-refractivity contribution in [2.75, 3.05) is 5.01 Å². The fraction of sp³-hybridized carbons (Fsp3) is 0.312. The highest BCUT2D eigenvalue weighted by molar-refractivity contribution is 6.15. The molecular weight excluding hydrogens is 264 g/mol. The minimum Gasteiger partial charge on any atom is -0.332 e. The van der Waals surface area contributed by atoms with Gasteiger partial charge in [-0.15, -0.1) is 0 Å². The van der Waals surface area contributed by atoms with Crippen LogP contribution in [0.5, 0.6) is 0 Å². The van der Waals surface area contributed by atoms with Gasteiger partial charge in [0, 0.05) is 12.4 Å². The molecule has 0 N–H and O–H groups in total. The monoisotopic (exact) mass is 282 g/mol. The molecule has 0 radical (unpaired) electrons. The molecule has 0 saturated heterocycles. The number of carbonyl (C=O) groups excluding carboxylic acids is 1. The number of hydrazone groups is 1. The Morgan fingerprint density at radius 1 is 1.24 bits per heavy atom. The van der Waals surface area contributed by atoms with Crippen molar-refractivity contribution in [2.24, 2.45) is 16.9 Å². The molecule has 3 rings (SSSR count). The van der Waals surface area contributed by atoms with Crippen LogP contribution in [0.3, 0.4) is 0 Å². The zero-order valence-electron chi connectivity index (χ0n) is 12.2. The summed E-state index contributed by atoms with van der Waals surface area (Å²) >= 11 is 0. The highest BCUT2D eigenvalue weighted by Gasteiger charge is 2.38. The second-order valence-electron chi connectivity index (χ2n) is 5.53. The Bertz CT molecular complexity index is 646. The SMILES string of the molecule is CC(C)C1C(=O)N(c2ccccc2)N=C1Cn1ccnc1. The number of rotatable bonds is 4. The highest BCUT2D eigenvalue weighted by Crippen LogP contribution is 2.28. The molecule has 0 saturated carbocycles. The van der Waals surface area contributed by atoms with Crippen molar-refractivity contribution in [1.82, 2.24) is 9.55 Å². The Morgan fingerprint density at radius 2 is 2.00 bits per heavy atom. The maximum absolute atomic E-state index is 12.7. The maximum atomic E-state index is 12.7. The molecule has 2 aromatic rings. The first-order valence-electron chi connectivity index (χ1n) is 7.09. The van der Waals surface area contributed by atoms with Crippen LogP contribution >= 0.6 is 0 Å². The minimum atomic E-state index is -0.174. The van der Waals surface area contributed by atoms with Gasteiger partial charge in [0.25, 0.3) is 5.91 Å². The van der Waals surface area contributed by atoms with Crippen LogP contribution in [0.25, 0.3) is 0 Å². The number of nitrogens with zero attached hydrogens (tertiary/aromatic N) is 4. The predicted octanol–water partition coefficient (Wildman–Crippen LogP) is 2.56. The molecular formula is C16H18N4O. The van der Waals surface area contributed by atoms with Gasteiger partial charge >= 0.3 is 0 Å². The molecule has 1 amide bonds. The van der Waals surface area contributed by atoms with Crippen molar-refractivity contribution < 1.29 is 4.79 Å². The molecule has 21 heavy (non-hydrogen) atoms. The number of amides is 1. The maximum Gasteiger partial charge on any atom is 0.256 e. The Kier molecular flexibility index (Phi) is 3.56. The van der Waals surface area contributed by atoms with Gasteiger partial charge in [0.1, 0.15) is 0 Å². The molecule has 0 fully saturated rings. The van der Waals surface area contributed by atoms with E-state index in [0.29, 0.717) is 6.54 Å². The van der Waals surface area contributed by atoms with Gasteiger partial charge in [-0.1, -0.05) is 32.0 Å². The third-order valence-corrected chi connectivity index (χ3v) is 3.63. The number of hydrogen-bond acceptors (Lipinski definition) is 3. The van der Waals surface area contributed by atoms with Gasteiger partial charge in [0.2, 0.25) is 0 Å². The summed E-state index contributed by atoms with van der Waals surface area (Å²) < 4.78 is 1.94. The van der Waals surface area contributed by atoms with E-state index in [1.165, 1.54) is 5.01 Å². The van der Waals surface area contributed by atoms with Crippen LogP contribution in [-0.4, -0.2) is 21.2 Å². The number of aromatic nitrogens is 2. The van der Waals surface area contributed by atoms with Crippen LogP contribution in [0, 0.1) is 11.8 Å². The lowest BCUT2D eigenvalue weighted by Gasteiger charge is -2.17. The van der Waals surface area contributed by atoms with Crippen LogP contribution < -0.4 is 5.01 Å². The van der Waals surface area contributed by atoms with E-state index in [1.807, 2.05) is 41.1 Å². The Labute approximate surface area is 123 Å². The van der Waals surface area contributed by atoms with E-state index in [9.17, 15) is 4.79 Å². The largest absolute Gasteiger partial charge is 0.332 e. The van der Waals surface area contributed by atoms with E-state index in [0.717, 1.165) is 11.4 Å². The fourth-order valence-corrected chi connectivity index (χ4v) is 2.64. The van der Waals surface area contributed by atoms with Crippen LogP contribution in [0.2, 0.25) is 0 Å². The van der Waals surface area contributed by atoms with Crippen LogP contribution in [0.4, 0.5) is 5.69 Å². The van der Waals surface area contributed by atoms with Crippen molar-refractivity contribution in [3.8, 4) is 0 Å². The molecule has 5 nitrogen and oxygen atoms in total. The molecule has 1 aliphatic heterocycles. The zero-order chi connectivity index (χ0) is 14.8. The zero-order valence-corrected chi connectivity index (χ0v) is 12.2. The van der Waals surface area contributed by atoms with Gasteiger partial charge < -0.3 is 4.57 Å². The first kappa shape index (κ1) is 13.5. The average Bonchev–Trinajstić information content (AvgIpc) is 3.08. The summed E-state index contributed by atoms with van der Waals surface area (Å²) in [6.07, 6.45) is 5.36. The van der Waals surface area contributed by atoms with Crippen molar-refractivity contribution >= 4 is 17.3 Å². The molecule has 0 spiro atoms. The molecule has 5 heteroatoms. The lowest BCUT2D eigenvalue weighted by molar-refractivity contribution is -0.120. The number of benzene rings is 1. The summed E-state index contributed by atoms with van der Waals surface area (Å²) in [4.78, 5) is 16.7. The molecule has 108 valence electrons. The predicted molar refractivity (Wildman–Crippen MR) is 81.9 cm³/mol. The summed E-state index contributed by atoms with van der Waals surface area (Å²) in [5.41, 5.74) is 1.70. The van der Waals surface area contributed by atoms with Crippen LogP contribution in [-0.2, 0) is 11.3 Å². The number of imidazole rings is 1. The van der Waals surface area contributed by atoms with E-state index in [4.69, 9.17) is 0 Å². The van der Waals surface area contributed by atoms with Crippen molar-refractivity contribution in [2.45, 2.75) is 20.4 Å². The van der Waals surface area contributed by atoms with E-state index in [-0.39, 0.29) is 17.7 Å².